The lowest BCUT2D eigenvalue weighted by molar-refractivity contribution is 0.0950. The number of likely N-dealkylation sites (N-methyl/N-ethyl adjacent to an activating group) is 1. The van der Waals surface area contributed by atoms with E-state index in [1.807, 2.05) is 0 Å². The number of carbonyl (C=O) groups is 1. The van der Waals surface area contributed by atoms with Crippen LogP contribution in [0.15, 0.2) is 24.3 Å². The highest BCUT2D eigenvalue weighted by Gasteiger charge is 2.20. The van der Waals surface area contributed by atoms with Crippen LogP contribution in [0.3, 0.4) is 0 Å². The van der Waals surface area contributed by atoms with Crippen molar-refractivity contribution in [2.24, 2.45) is 0 Å². The van der Waals surface area contributed by atoms with Crippen molar-refractivity contribution in [1.82, 2.24) is 15.2 Å². The lowest BCUT2D eigenvalue weighted by Gasteiger charge is -2.23. The smallest absolute Gasteiger partial charge is 0.263 e. The normalized spacial score (nSPS) is 15.0. The van der Waals surface area contributed by atoms with E-state index in [1.54, 1.807) is 25.1 Å². The van der Waals surface area contributed by atoms with Gasteiger partial charge in [0.1, 0.15) is 15.7 Å². The van der Waals surface area contributed by atoms with Crippen molar-refractivity contribution in [2.75, 3.05) is 20.1 Å². The molecule has 0 saturated heterocycles. The zero-order valence-corrected chi connectivity index (χ0v) is 15.5. The van der Waals surface area contributed by atoms with Crippen LogP contribution in [0.2, 0.25) is 0 Å². The number of halogens is 1. The summed E-state index contributed by atoms with van der Waals surface area (Å²) >= 11 is 1.24. The molecule has 1 fully saturated rings. The van der Waals surface area contributed by atoms with Gasteiger partial charge < -0.3 is 10.2 Å². The SMILES string of the molecule is Cc1nc(-c2ccccc2F)sc1C(=O)NCCN(C)C1CCCC1. The van der Waals surface area contributed by atoms with E-state index in [1.165, 1.54) is 43.1 Å². The first kappa shape index (κ1) is 18.0. The fourth-order valence-electron chi connectivity index (χ4n) is 3.31. The number of thiazole rings is 1. The summed E-state index contributed by atoms with van der Waals surface area (Å²) in [5.41, 5.74) is 1.08. The van der Waals surface area contributed by atoms with E-state index >= 15 is 0 Å². The second-order valence-electron chi connectivity index (χ2n) is 6.59. The summed E-state index contributed by atoms with van der Waals surface area (Å²) in [6.07, 6.45) is 5.12. The Morgan fingerprint density at radius 2 is 2.08 bits per heavy atom. The number of amides is 1. The van der Waals surface area contributed by atoms with Crippen molar-refractivity contribution in [1.29, 1.82) is 0 Å². The summed E-state index contributed by atoms with van der Waals surface area (Å²) in [5.74, 6) is -0.446. The van der Waals surface area contributed by atoms with Gasteiger partial charge in [-0.2, -0.15) is 0 Å². The molecule has 1 amide bonds. The Kier molecular flexibility index (Phi) is 5.81. The Morgan fingerprint density at radius 3 is 2.80 bits per heavy atom. The van der Waals surface area contributed by atoms with E-state index in [2.05, 4.69) is 22.2 Å². The molecular formula is C19H24FN3OS. The summed E-state index contributed by atoms with van der Waals surface area (Å²) < 4.78 is 13.9. The zero-order valence-electron chi connectivity index (χ0n) is 14.7. The van der Waals surface area contributed by atoms with Crippen LogP contribution in [-0.2, 0) is 0 Å². The summed E-state index contributed by atoms with van der Waals surface area (Å²) in [6.45, 7) is 3.24. The molecule has 0 radical (unpaired) electrons. The highest BCUT2D eigenvalue weighted by atomic mass is 32.1. The zero-order chi connectivity index (χ0) is 17.8. The van der Waals surface area contributed by atoms with E-state index in [-0.39, 0.29) is 11.7 Å². The van der Waals surface area contributed by atoms with Crippen molar-refractivity contribution >= 4 is 17.2 Å². The molecule has 0 bridgehead atoms. The van der Waals surface area contributed by atoms with Gasteiger partial charge in [0.2, 0.25) is 0 Å². The number of hydrogen-bond acceptors (Lipinski definition) is 4. The average molecular weight is 361 g/mol. The Labute approximate surface area is 152 Å². The highest BCUT2D eigenvalue weighted by Crippen LogP contribution is 2.29. The van der Waals surface area contributed by atoms with E-state index < -0.39 is 0 Å². The summed E-state index contributed by atoms with van der Waals surface area (Å²) in [7, 11) is 2.12. The maximum absolute atomic E-state index is 13.9. The van der Waals surface area contributed by atoms with Gasteiger partial charge in [0, 0.05) is 24.7 Å². The molecule has 1 aromatic heterocycles. The molecule has 0 spiro atoms. The number of benzene rings is 1. The molecule has 134 valence electrons. The Morgan fingerprint density at radius 1 is 1.36 bits per heavy atom. The standard InChI is InChI=1S/C19H24FN3OS/c1-13-17(25-19(22-13)15-9-5-6-10-16(15)20)18(24)21-11-12-23(2)14-7-3-4-8-14/h5-6,9-10,14H,3-4,7-8,11-12H2,1-2H3,(H,21,24). The topological polar surface area (TPSA) is 45.2 Å². The van der Waals surface area contributed by atoms with Crippen LogP contribution >= 0.6 is 11.3 Å². The van der Waals surface area contributed by atoms with Crippen molar-refractivity contribution < 1.29 is 9.18 Å². The molecule has 1 saturated carbocycles. The molecule has 0 unspecified atom stereocenters. The molecule has 2 aromatic rings. The molecule has 1 heterocycles. The first-order valence-electron chi connectivity index (χ1n) is 8.77. The second-order valence-corrected chi connectivity index (χ2v) is 7.59. The number of rotatable bonds is 6. The lowest BCUT2D eigenvalue weighted by atomic mass is 10.2. The summed E-state index contributed by atoms with van der Waals surface area (Å²) in [6, 6.07) is 7.16. The van der Waals surface area contributed by atoms with E-state index in [0.717, 1.165) is 6.54 Å². The van der Waals surface area contributed by atoms with E-state index in [4.69, 9.17) is 0 Å². The number of nitrogens with one attached hydrogen (secondary N) is 1. The molecule has 6 heteroatoms. The molecule has 1 aliphatic carbocycles. The van der Waals surface area contributed by atoms with Crippen molar-refractivity contribution in [3.63, 3.8) is 0 Å². The van der Waals surface area contributed by atoms with Crippen LogP contribution in [0.1, 0.15) is 41.0 Å². The van der Waals surface area contributed by atoms with Crippen LogP contribution in [0.4, 0.5) is 4.39 Å². The molecule has 1 aromatic carbocycles. The lowest BCUT2D eigenvalue weighted by Crippen LogP contribution is -2.37. The molecule has 0 atom stereocenters. The number of aromatic nitrogens is 1. The highest BCUT2D eigenvalue weighted by molar-refractivity contribution is 7.17. The molecule has 3 rings (SSSR count). The van der Waals surface area contributed by atoms with Gasteiger partial charge >= 0.3 is 0 Å². The fourth-order valence-corrected chi connectivity index (χ4v) is 4.32. The van der Waals surface area contributed by atoms with Gasteiger partial charge in [0.15, 0.2) is 0 Å². The van der Waals surface area contributed by atoms with E-state index in [0.29, 0.717) is 33.7 Å². The molecule has 25 heavy (non-hydrogen) atoms. The van der Waals surface area contributed by atoms with Gasteiger partial charge in [-0.15, -0.1) is 11.3 Å². The van der Waals surface area contributed by atoms with Gasteiger partial charge in [0.25, 0.3) is 5.91 Å². The first-order valence-corrected chi connectivity index (χ1v) is 9.58. The van der Waals surface area contributed by atoms with E-state index in [9.17, 15) is 9.18 Å². The number of aryl methyl sites for hydroxylation is 1. The maximum atomic E-state index is 13.9. The largest absolute Gasteiger partial charge is 0.350 e. The Hall–Kier alpha value is -1.79. The molecule has 1 N–H and O–H groups in total. The third-order valence-corrected chi connectivity index (χ3v) is 5.99. The van der Waals surface area contributed by atoms with Crippen molar-refractivity contribution in [3.8, 4) is 10.6 Å². The fraction of sp³-hybridized carbons (Fsp3) is 0.474. The summed E-state index contributed by atoms with van der Waals surface area (Å²) in [4.78, 5) is 19.7. The van der Waals surface area contributed by atoms with Gasteiger partial charge in [-0.05, 0) is 38.9 Å². The molecule has 4 nitrogen and oxygen atoms in total. The van der Waals surface area contributed by atoms with Gasteiger partial charge in [-0.25, -0.2) is 9.37 Å². The number of carbonyl (C=O) groups excluding carboxylic acids is 1. The molecular weight excluding hydrogens is 337 g/mol. The minimum atomic E-state index is -0.318. The van der Waals surface area contributed by atoms with Crippen molar-refractivity contribution in [3.05, 3.63) is 40.7 Å². The second kappa shape index (κ2) is 8.06. The first-order chi connectivity index (χ1) is 12.1. The Balaban J connectivity index is 1.60. The van der Waals surface area contributed by atoms with Crippen LogP contribution < -0.4 is 5.32 Å². The van der Waals surface area contributed by atoms with Gasteiger partial charge in [-0.3, -0.25) is 4.79 Å². The predicted molar refractivity (Wildman–Crippen MR) is 99.5 cm³/mol. The third kappa shape index (κ3) is 4.25. The molecule has 0 aliphatic heterocycles. The third-order valence-electron chi connectivity index (χ3n) is 4.81. The van der Waals surface area contributed by atoms with Crippen LogP contribution in [-0.4, -0.2) is 42.0 Å². The minimum absolute atomic E-state index is 0.127. The van der Waals surface area contributed by atoms with Crippen LogP contribution in [0.5, 0.6) is 0 Å². The minimum Gasteiger partial charge on any atom is -0.350 e. The van der Waals surface area contributed by atoms with Crippen LogP contribution in [0.25, 0.3) is 10.6 Å². The predicted octanol–water partition coefficient (Wildman–Crippen LogP) is 3.86. The molecule has 1 aliphatic rings. The van der Waals surface area contributed by atoms with Gasteiger partial charge in [-0.1, -0.05) is 25.0 Å². The van der Waals surface area contributed by atoms with Gasteiger partial charge in [0.05, 0.1) is 5.69 Å². The monoisotopic (exact) mass is 361 g/mol. The Bertz CT molecular complexity index is 740. The van der Waals surface area contributed by atoms with Crippen molar-refractivity contribution in [2.45, 2.75) is 38.6 Å². The maximum Gasteiger partial charge on any atom is 0.263 e. The number of nitrogens with zero attached hydrogens (tertiary/aromatic N) is 2. The average Bonchev–Trinajstić information content (AvgIpc) is 3.25. The quantitative estimate of drug-likeness (QED) is 0.850. The van der Waals surface area contributed by atoms with Crippen LogP contribution in [0, 0.1) is 12.7 Å². The number of hydrogen-bond donors (Lipinski definition) is 1. The summed E-state index contributed by atoms with van der Waals surface area (Å²) in [5, 5.41) is 3.51.